The van der Waals surface area contributed by atoms with Gasteiger partial charge >= 0.3 is 5.97 Å². The van der Waals surface area contributed by atoms with Gasteiger partial charge in [0.05, 0.1) is 5.57 Å². The minimum Gasteiger partial charge on any atom is -0.493 e. The van der Waals surface area contributed by atoms with Gasteiger partial charge in [0.2, 0.25) is 0 Å². The summed E-state index contributed by atoms with van der Waals surface area (Å²) in [6, 6.07) is 0. The van der Waals surface area contributed by atoms with E-state index in [-0.39, 0.29) is 18.2 Å². The van der Waals surface area contributed by atoms with E-state index >= 15 is 0 Å². The van der Waals surface area contributed by atoms with E-state index in [0.29, 0.717) is 14.3 Å². The lowest BCUT2D eigenvalue weighted by molar-refractivity contribution is -0.138. The van der Waals surface area contributed by atoms with E-state index in [9.17, 15) is 4.79 Å². The predicted molar refractivity (Wildman–Crippen MR) is 82.6 cm³/mol. The molecule has 4 atom stereocenters. The molecule has 2 rings (SSSR count). The van der Waals surface area contributed by atoms with Crippen LogP contribution in [-0.4, -0.2) is 26.0 Å². The van der Waals surface area contributed by atoms with E-state index in [2.05, 4.69) is 59.0 Å². The Hall–Kier alpha value is 0.470. The summed E-state index contributed by atoms with van der Waals surface area (Å²) in [7, 11) is 0. The molecule has 96 valence electrons. The molecule has 0 radical (unpaired) electrons. The standard InChI is InChI=1S/C12H16I2O3/c1-6(13)9-3-4-10(16-9)8-5-11(7(2)14)17-12(8)15/h6-7,9,11H,3-5H2,1-2H3/b10-8-. The molecule has 17 heavy (non-hydrogen) atoms. The third-order valence-corrected chi connectivity index (χ3v) is 4.83. The Kier molecular flexibility index (Phi) is 4.60. The fourth-order valence-corrected chi connectivity index (χ4v) is 3.05. The predicted octanol–water partition coefficient (Wildman–Crippen LogP) is 3.38. The Labute approximate surface area is 129 Å². The van der Waals surface area contributed by atoms with Crippen LogP contribution in [0.1, 0.15) is 33.1 Å². The van der Waals surface area contributed by atoms with Crippen LogP contribution in [0.2, 0.25) is 0 Å². The molecule has 2 saturated heterocycles. The van der Waals surface area contributed by atoms with Crippen LogP contribution in [0.3, 0.4) is 0 Å². The van der Waals surface area contributed by atoms with Gasteiger partial charge in [-0.05, 0) is 20.3 Å². The molecule has 0 N–H and O–H groups in total. The number of alkyl halides is 2. The molecule has 0 amide bonds. The normalized spacial score (nSPS) is 36.6. The van der Waals surface area contributed by atoms with Crippen molar-refractivity contribution in [2.24, 2.45) is 0 Å². The molecule has 0 bridgehead atoms. The SMILES string of the molecule is CC(I)C1C/C(=C2\CCC(C(C)I)O2)C(=O)O1. The number of rotatable bonds is 2. The van der Waals surface area contributed by atoms with Crippen molar-refractivity contribution in [3.63, 3.8) is 0 Å². The molecular weight excluding hydrogens is 446 g/mol. The number of carbonyl (C=O) groups excluding carboxylic acids is 1. The smallest absolute Gasteiger partial charge is 0.337 e. The van der Waals surface area contributed by atoms with E-state index in [4.69, 9.17) is 9.47 Å². The molecule has 0 spiro atoms. The topological polar surface area (TPSA) is 35.5 Å². The highest BCUT2D eigenvalue weighted by Crippen LogP contribution is 2.36. The zero-order valence-electron chi connectivity index (χ0n) is 9.91. The first-order valence-electron chi connectivity index (χ1n) is 5.87. The summed E-state index contributed by atoms with van der Waals surface area (Å²) < 4.78 is 12.0. The van der Waals surface area contributed by atoms with E-state index in [1.807, 2.05) is 0 Å². The lowest BCUT2D eigenvalue weighted by Gasteiger charge is -2.13. The summed E-state index contributed by atoms with van der Waals surface area (Å²) in [6.07, 6.45) is 2.87. The molecule has 5 heteroatoms. The largest absolute Gasteiger partial charge is 0.493 e. The number of hydrogen-bond acceptors (Lipinski definition) is 3. The second-order valence-corrected chi connectivity index (χ2v) is 8.53. The monoisotopic (exact) mass is 462 g/mol. The fourth-order valence-electron chi connectivity index (χ4n) is 2.14. The van der Waals surface area contributed by atoms with Gasteiger partial charge in [-0.2, -0.15) is 0 Å². The fraction of sp³-hybridized carbons (Fsp3) is 0.750. The molecular formula is C12H16I2O3. The van der Waals surface area contributed by atoms with Crippen LogP contribution in [0.15, 0.2) is 11.3 Å². The third kappa shape index (κ3) is 3.08. The van der Waals surface area contributed by atoms with Crippen LogP contribution in [0.4, 0.5) is 0 Å². The summed E-state index contributed by atoms with van der Waals surface area (Å²) in [5.41, 5.74) is 0.776. The van der Waals surface area contributed by atoms with Gasteiger partial charge < -0.3 is 9.47 Å². The zero-order chi connectivity index (χ0) is 12.6. The molecule has 2 aliphatic heterocycles. The Morgan fingerprint density at radius 2 is 1.82 bits per heavy atom. The van der Waals surface area contributed by atoms with Crippen molar-refractivity contribution < 1.29 is 14.3 Å². The van der Waals surface area contributed by atoms with Crippen molar-refractivity contribution in [3.05, 3.63) is 11.3 Å². The average Bonchev–Trinajstić information content (AvgIpc) is 2.83. The van der Waals surface area contributed by atoms with Crippen LogP contribution in [-0.2, 0) is 14.3 Å². The zero-order valence-corrected chi connectivity index (χ0v) is 14.2. The summed E-state index contributed by atoms with van der Waals surface area (Å²) >= 11 is 4.67. The van der Waals surface area contributed by atoms with Gasteiger partial charge in [-0.25, -0.2) is 4.79 Å². The van der Waals surface area contributed by atoms with E-state index in [1.54, 1.807) is 0 Å². The van der Waals surface area contributed by atoms with Gasteiger partial charge in [-0.1, -0.05) is 45.2 Å². The second-order valence-electron chi connectivity index (χ2n) is 4.60. The quantitative estimate of drug-likeness (QED) is 0.274. The molecule has 2 fully saturated rings. The highest BCUT2D eigenvalue weighted by molar-refractivity contribution is 14.1. The van der Waals surface area contributed by atoms with Crippen molar-refractivity contribution in [3.8, 4) is 0 Å². The first-order chi connectivity index (χ1) is 7.99. The molecule has 2 aliphatic rings. The molecule has 0 aromatic heterocycles. The van der Waals surface area contributed by atoms with Crippen molar-refractivity contribution in [2.45, 2.75) is 53.2 Å². The summed E-state index contributed by atoms with van der Waals surface area (Å²) in [4.78, 5) is 11.8. The molecule has 2 heterocycles. The third-order valence-electron chi connectivity index (χ3n) is 3.22. The minimum atomic E-state index is -0.171. The number of esters is 1. The van der Waals surface area contributed by atoms with Gasteiger partial charge in [-0.15, -0.1) is 0 Å². The number of ether oxygens (including phenoxy) is 2. The van der Waals surface area contributed by atoms with Crippen LogP contribution in [0, 0.1) is 0 Å². The van der Waals surface area contributed by atoms with Crippen molar-refractivity contribution in [1.82, 2.24) is 0 Å². The maximum atomic E-state index is 11.8. The highest BCUT2D eigenvalue weighted by atomic mass is 127. The summed E-state index contributed by atoms with van der Waals surface area (Å²) in [5.74, 6) is 0.707. The highest BCUT2D eigenvalue weighted by Gasteiger charge is 2.37. The summed E-state index contributed by atoms with van der Waals surface area (Å²) in [5, 5.41) is 0. The molecule has 0 saturated carbocycles. The number of allylic oxidation sites excluding steroid dienone is 1. The first-order valence-corrected chi connectivity index (χ1v) is 8.36. The lowest BCUT2D eigenvalue weighted by atomic mass is 10.1. The minimum absolute atomic E-state index is 0.0188. The maximum absolute atomic E-state index is 11.8. The second kappa shape index (κ2) is 5.63. The van der Waals surface area contributed by atoms with Crippen LogP contribution in [0.5, 0.6) is 0 Å². The average molecular weight is 462 g/mol. The number of halogens is 2. The van der Waals surface area contributed by atoms with Gasteiger partial charge in [0.1, 0.15) is 18.0 Å². The first kappa shape index (κ1) is 13.9. The summed E-state index contributed by atoms with van der Waals surface area (Å²) in [6.45, 7) is 4.21. The maximum Gasteiger partial charge on any atom is 0.337 e. The Morgan fingerprint density at radius 1 is 1.18 bits per heavy atom. The number of carbonyl (C=O) groups is 1. The molecule has 0 aromatic carbocycles. The number of cyclic esters (lactones) is 1. The van der Waals surface area contributed by atoms with Crippen molar-refractivity contribution in [2.75, 3.05) is 0 Å². The number of hydrogen-bond donors (Lipinski definition) is 0. The Morgan fingerprint density at radius 3 is 2.29 bits per heavy atom. The van der Waals surface area contributed by atoms with E-state index < -0.39 is 0 Å². The van der Waals surface area contributed by atoms with Gasteiger partial charge in [0, 0.05) is 20.7 Å². The van der Waals surface area contributed by atoms with E-state index in [1.165, 1.54) is 0 Å². The van der Waals surface area contributed by atoms with E-state index in [0.717, 1.165) is 24.2 Å². The Bertz CT molecular complexity index is 350. The molecule has 0 aliphatic carbocycles. The van der Waals surface area contributed by atoms with Crippen molar-refractivity contribution >= 4 is 51.2 Å². The molecule has 0 aromatic rings. The van der Waals surface area contributed by atoms with Gasteiger partial charge in [0.15, 0.2) is 0 Å². The molecule has 4 unspecified atom stereocenters. The van der Waals surface area contributed by atoms with Crippen molar-refractivity contribution in [1.29, 1.82) is 0 Å². The van der Waals surface area contributed by atoms with Crippen LogP contribution < -0.4 is 0 Å². The molecule has 3 nitrogen and oxygen atoms in total. The van der Waals surface area contributed by atoms with Crippen LogP contribution >= 0.6 is 45.2 Å². The Balaban J connectivity index is 2.10. The van der Waals surface area contributed by atoms with Gasteiger partial charge in [-0.3, -0.25) is 0 Å². The van der Waals surface area contributed by atoms with Crippen LogP contribution in [0.25, 0.3) is 0 Å². The lowest BCUT2D eigenvalue weighted by Crippen LogP contribution is -2.16. The van der Waals surface area contributed by atoms with Gasteiger partial charge in [0.25, 0.3) is 0 Å².